The maximum absolute atomic E-state index is 6.14. The summed E-state index contributed by atoms with van der Waals surface area (Å²) in [6.45, 7) is 6.02. The van der Waals surface area contributed by atoms with Crippen molar-refractivity contribution in [3.05, 3.63) is 0 Å². The zero-order chi connectivity index (χ0) is 8.89. The van der Waals surface area contributed by atoms with Crippen LogP contribution in [0.2, 0.25) is 0 Å². The van der Waals surface area contributed by atoms with Gasteiger partial charge in [-0.1, -0.05) is 0 Å². The summed E-state index contributed by atoms with van der Waals surface area (Å²) in [5.74, 6) is 2.09. The smallest absolute Gasteiger partial charge is 0.101 e. The Kier molecular flexibility index (Phi) is 6.06. The van der Waals surface area contributed by atoms with E-state index >= 15 is 0 Å². The number of hydrogen-bond donors (Lipinski definition) is 0. The summed E-state index contributed by atoms with van der Waals surface area (Å²) in [6, 6.07) is 0. The molecule has 2 bridgehead atoms. The van der Waals surface area contributed by atoms with E-state index in [2.05, 4.69) is 11.8 Å². The minimum absolute atomic E-state index is 0. The molecule has 0 amide bonds. The second kappa shape index (κ2) is 5.89. The Morgan fingerprint density at radius 2 is 1.88 bits per heavy atom. The quantitative estimate of drug-likeness (QED) is 0.637. The summed E-state index contributed by atoms with van der Waals surface area (Å²) < 4.78 is 6.14. The van der Waals surface area contributed by atoms with E-state index in [-0.39, 0.29) is 29.0 Å². The van der Waals surface area contributed by atoms with Crippen LogP contribution in [-0.2, 0) is 4.74 Å². The first-order valence-electron chi connectivity index (χ1n) is 5.30. The monoisotopic (exact) mass is 271 g/mol. The molecular weight excluding hydrogens is 250 g/mol. The molecule has 0 aromatic carbocycles. The average molecular weight is 272 g/mol. The van der Waals surface area contributed by atoms with Gasteiger partial charge in [0, 0.05) is 12.3 Å². The zero-order valence-corrected chi connectivity index (χ0v) is 11.2. The second-order valence-corrected chi connectivity index (χ2v) is 5.90. The molecule has 4 saturated heterocycles. The van der Waals surface area contributed by atoms with Gasteiger partial charge in [0.2, 0.25) is 0 Å². The molecule has 2 atom stereocenters. The van der Waals surface area contributed by atoms with Crippen molar-refractivity contribution in [2.45, 2.75) is 30.8 Å². The highest BCUT2D eigenvalue weighted by atomic mass is 35.5. The molecule has 98 valence electrons. The van der Waals surface area contributed by atoms with Crippen LogP contribution in [0, 0.1) is 5.92 Å². The van der Waals surface area contributed by atoms with Gasteiger partial charge in [-0.3, -0.25) is 0 Å². The molecule has 1 spiro atoms. The Labute approximate surface area is 107 Å². The molecule has 4 aliphatic rings. The van der Waals surface area contributed by atoms with Gasteiger partial charge >= 0.3 is 0 Å². The predicted octanol–water partition coefficient (Wildman–Crippen LogP) is 0.333. The second-order valence-electron chi connectivity index (χ2n) is 4.61. The first-order chi connectivity index (χ1) is 6.28. The molecule has 0 unspecified atom stereocenters. The highest BCUT2D eigenvalue weighted by Crippen LogP contribution is 2.46. The minimum atomic E-state index is 0. The molecule has 0 aliphatic carbocycles. The SMILES string of the molecule is C[C@@H]1O[C@@]2(CS1)CN1CCC2CC1.Cl.O.O. The van der Waals surface area contributed by atoms with Gasteiger partial charge in [0.1, 0.15) is 5.44 Å². The molecule has 4 nitrogen and oxygen atoms in total. The maximum atomic E-state index is 6.14. The van der Waals surface area contributed by atoms with Gasteiger partial charge in [0.05, 0.1) is 5.60 Å². The summed E-state index contributed by atoms with van der Waals surface area (Å²) in [7, 11) is 0. The molecular formula is C10H22ClNO3S. The van der Waals surface area contributed by atoms with Crippen molar-refractivity contribution >= 4 is 24.2 Å². The summed E-state index contributed by atoms with van der Waals surface area (Å²) in [6.07, 6.45) is 2.74. The predicted molar refractivity (Wildman–Crippen MR) is 69.4 cm³/mol. The highest BCUT2D eigenvalue weighted by molar-refractivity contribution is 8.00. The van der Waals surface area contributed by atoms with Crippen LogP contribution in [0.4, 0.5) is 0 Å². The third-order valence-electron chi connectivity index (χ3n) is 3.79. The molecule has 4 rings (SSSR count). The lowest BCUT2D eigenvalue weighted by Gasteiger charge is -2.50. The Morgan fingerprint density at radius 3 is 2.25 bits per heavy atom. The number of halogens is 1. The molecule has 0 aromatic heterocycles. The Bertz CT molecular complexity index is 226. The summed E-state index contributed by atoms with van der Waals surface area (Å²) in [4.78, 5) is 2.58. The van der Waals surface area contributed by atoms with E-state index in [0.29, 0.717) is 5.44 Å². The number of ether oxygens (including phenoxy) is 1. The van der Waals surface area contributed by atoms with Gasteiger partial charge in [-0.25, -0.2) is 0 Å². The first kappa shape index (κ1) is 16.5. The maximum Gasteiger partial charge on any atom is 0.101 e. The van der Waals surface area contributed by atoms with Crippen LogP contribution in [0.5, 0.6) is 0 Å². The number of hydrogen-bond acceptors (Lipinski definition) is 3. The lowest BCUT2D eigenvalue weighted by molar-refractivity contribution is -0.133. The number of fused-ring (bicyclic) bond motifs is 2. The van der Waals surface area contributed by atoms with E-state index < -0.39 is 0 Å². The molecule has 16 heavy (non-hydrogen) atoms. The third-order valence-corrected chi connectivity index (χ3v) is 5.01. The van der Waals surface area contributed by atoms with Crippen molar-refractivity contribution in [3.63, 3.8) is 0 Å². The van der Waals surface area contributed by atoms with Crippen molar-refractivity contribution in [2.75, 3.05) is 25.4 Å². The van der Waals surface area contributed by atoms with Crippen molar-refractivity contribution in [1.29, 1.82) is 0 Å². The number of piperidine rings is 3. The molecule has 0 saturated carbocycles. The number of nitrogens with zero attached hydrogens (tertiary/aromatic N) is 1. The van der Waals surface area contributed by atoms with E-state index in [1.54, 1.807) is 0 Å². The van der Waals surface area contributed by atoms with Crippen LogP contribution in [0.1, 0.15) is 19.8 Å². The van der Waals surface area contributed by atoms with E-state index in [0.717, 1.165) is 5.92 Å². The topological polar surface area (TPSA) is 75.5 Å². The van der Waals surface area contributed by atoms with E-state index in [4.69, 9.17) is 4.74 Å². The van der Waals surface area contributed by atoms with Crippen LogP contribution < -0.4 is 0 Å². The van der Waals surface area contributed by atoms with Crippen LogP contribution in [0.25, 0.3) is 0 Å². The van der Waals surface area contributed by atoms with Gasteiger partial charge in [0.25, 0.3) is 0 Å². The fourth-order valence-corrected chi connectivity index (χ4v) is 4.25. The van der Waals surface area contributed by atoms with Crippen molar-refractivity contribution in [1.82, 2.24) is 4.90 Å². The van der Waals surface area contributed by atoms with Crippen molar-refractivity contribution < 1.29 is 15.7 Å². The molecule has 6 heteroatoms. The number of thioether (sulfide) groups is 1. The zero-order valence-electron chi connectivity index (χ0n) is 9.57. The summed E-state index contributed by atoms with van der Waals surface area (Å²) in [5, 5.41) is 0. The van der Waals surface area contributed by atoms with Gasteiger partial charge in [0.15, 0.2) is 0 Å². The fraction of sp³-hybridized carbons (Fsp3) is 1.00. The summed E-state index contributed by atoms with van der Waals surface area (Å²) in [5.41, 5.74) is 0.682. The minimum Gasteiger partial charge on any atom is -0.412 e. The van der Waals surface area contributed by atoms with Crippen LogP contribution in [-0.4, -0.2) is 52.3 Å². The van der Waals surface area contributed by atoms with Crippen molar-refractivity contribution in [2.24, 2.45) is 5.92 Å². The first-order valence-corrected chi connectivity index (χ1v) is 6.35. The van der Waals surface area contributed by atoms with Gasteiger partial charge in [-0.05, 0) is 38.8 Å². The summed E-state index contributed by atoms with van der Waals surface area (Å²) >= 11 is 1.99. The molecule has 0 radical (unpaired) electrons. The van der Waals surface area contributed by atoms with Crippen LogP contribution >= 0.6 is 24.2 Å². The fourth-order valence-electron chi connectivity index (χ4n) is 3.08. The molecule has 4 aliphatic heterocycles. The highest BCUT2D eigenvalue weighted by Gasteiger charge is 2.51. The van der Waals surface area contributed by atoms with E-state index in [1.807, 2.05) is 11.8 Å². The van der Waals surface area contributed by atoms with Crippen molar-refractivity contribution in [3.8, 4) is 0 Å². The molecule has 0 aromatic rings. The third kappa shape index (κ3) is 2.49. The average Bonchev–Trinajstić information content (AvgIpc) is 2.49. The Hall–Kier alpha value is 0.480. The standard InChI is InChI=1S/C10H17NOS.ClH.2H2O/c1-8-12-10(7-13-8)6-11-4-2-9(10)3-5-11;;;/h8-9H,2-7H2,1H3;1H;2*1H2/t8-,10-;;;/m1.../s1. The van der Waals surface area contributed by atoms with E-state index in [9.17, 15) is 0 Å². The van der Waals surface area contributed by atoms with Crippen LogP contribution in [0.3, 0.4) is 0 Å². The molecule has 4 N–H and O–H groups in total. The van der Waals surface area contributed by atoms with Gasteiger partial charge in [-0.15, -0.1) is 24.2 Å². The number of rotatable bonds is 0. The molecule has 4 heterocycles. The largest absolute Gasteiger partial charge is 0.412 e. The Morgan fingerprint density at radius 1 is 1.25 bits per heavy atom. The van der Waals surface area contributed by atoms with E-state index in [1.165, 1.54) is 38.2 Å². The normalized spacial score (nSPS) is 44.4. The molecule has 4 fully saturated rings. The Balaban J connectivity index is 0.000000750. The van der Waals surface area contributed by atoms with Gasteiger partial charge in [-0.2, -0.15) is 0 Å². The van der Waals surface area contributed by atoms with Gasteiger partial charge < -0.3 is 20.6 Å². The van der Waals surface area contributed by atoms with Crippen LogP contribution in [0.15, 0.2) is 0 Å². The lowest BCUT2D eigenvalue weighted by Crippen LogP contribution is -2.60. The lowest BCUT2D eigenvalue weighted by atomic mass is 9.76.